The lowest BCUT2D eigenvalue weighted by Crippen LogP contribution is -2.39. The second-order valence-electron chi connectivity index (χ2n) is 7.06. The quantitative estimate of drug-likeness (QED) is 0.841. The standard InChI is InChI=1S/C18H26N2O3S/c1-14(2)18(21)19-11-8-15-6-7-17(12-16(15)13-19)24(22,23)20-9-4-3-5-10-20/h6-7,12,14H,3-5,8-11,13H2,1-2H3. The van der Waals surface area contributed by atoms with Crippen molar-refractivity contribution in [3.05, 3.63) is 29.3 Å². The van der Waals surface area contributed by atoms with E-state index in [9.17, 15) is 13.2 Å². The van der Waals surface area contributed by atoms with Gasteiger partial charge in [0.2, 0.25) is 15.9 Å². The molecule has 1 aromatic rings. The fourth-order valence-corrected chi connectivity index (χ4v) is 5.07. The van der Waals surface area contributed by atoms with Gasteiger partial charge in [0.1, 0.15) is 0 Å². The summed E-state index contributed by atoms with van der Waals surface area (Å²) >= 11 is 0. The van der Waals surface area contributed by atoms with Gasteiger partial charge in [-0.3, -0.25) is 4.79 Å². The molecule has 1 fully saturated rings. The highest BCUT2D eigenvalue weighted by atomic mass is 32.2. The van der Waals surface area contributed by atoms with Crippen LogP contribution in [0.25, 0.3) is 0 Å². The summed E-state index contributed by atoms with van der Waals surface area (Å²) in [6, 6.07) is 5.42. The predicted octanol–water partition coefficient (Wildman–Crippen LogP) is 2.40. The molecule has 1 aromatic carbocycles. The average Bonchev–Trinajstić information content (AvgIpc) is 2.60. The van der Waals surface area contributed by atoms with Gasteiger partial charge < -0.3 is 4.90 Å². The smallest absolute Gasteiger partial charge is 0.243 e. The van der Waals surface area contributed by atoms with Crippen molar-refractivity contribution >= 4 is 15.9 Å². The zero-order chi connectivity index (χ0) is 17.3. The highest BCUT2D eigenvalue weighted by Crippen LogP contribution is 2.26. The molecular formula is C18H26N2O3S. The third kappa shape index (κ3) is 3.35. The van der Waals surface area contributed by atoms with Crippen molar-refractivity contribution in [2.45, 2.75) is 51.0 Å². The first-order valence-electron chi connectivity index (χ1n) is 8.80. The fourth-order valence-electron chi connectivity index (χ4n) is 3.50. The second-order valence-corrected chi connectivity index (χ2v) is 9.00. The van der Waals surface area contributed by atoms with Crippen LogP contribution < -0.4 is 0 Å². The molecule has 0 spiro atoms. The van der Waals surface area contributed by atoms with Crippen LogP contribution >= 0.6 is 0 Å². The molecule has 0 aliphatic carbocycles. The molecule has 0 atom stereocenters. The Balaban J connectivity index is 1.86. The minimum atomic E-state index is -3.42. The van der Waals surface area contributed by atoms with Crippen LogP contribution in [0.4, 0.5) is 0 Å². The van der Waals surface area contributed by atoms with Crippen LogP contribution in [-0.4, -0.2) is 43.2 Å². The molecule has 3 rings (SSSR count). The molecule has 1 saturated heterocycles. The maximum absolute atomic E-state index is 12.8. The first kappa shape index (κ1) is 17.4. The molecule has 1 amide bonds. The van der Waals surface area contributed by atoms with Crippen molar-refractivity contribution in [1.82, 2.24) is 9.21 Å². The van der Waals surface area contributed by atoms with E-state index in [4.69, 9.17) is 0 Å². The third-order valence-electron chi connectivity index (χ3n) is 4.95. The van der Waals surface area contributed by atoms with Gasteiger partial charge in [-0.25, -0.2) is 8.42 Å². The molecule has 0 N–H and O–H groups in total. The number of rotatable bonds is 3. The van der Waals surface area contributed by atoms with Gasteiger partial charge in [-0.1, -0.05) is 26.3 Å². The lowest BCUT2D eigenvalue weighted by Gasteiger charge is -2.31. The first-order chi connectivity index (χ1) is 11.4. The molecule has 0 radical (unpaired) electrons. The van der Waals surface area contributed by atoms with Gasteiger partial charge >= 0.3 is 0 Å². The second kappa shape index (κ2) is 6.84. The highest BCUT2D eigenvalue weighted by Gasteiger charge is 2.28. The van der Waals surface area contributed by atoms with Crippen LogP contribution in [0, 0.1) is 5.92 Å². The van der Waals surface area contributed by atoms with Gasteiger partial charge in [-0.2, -0.15) is 4.31 Å². The van der Waals surface area contributed by atoms with Crippen molar-refractivity contribution in [3.63, 3.8) is 0 Å². The number of amides is 1. The van der Waals surface area contributed by atoms with Gasteiger partial charge in [0, 0.05) is 32.1 Å². The van der Waals surface area contributed by atoms with Crippen molar-refractivity contribution in [2.24, 2.45) is 5.92 Å². The Labute approximate surface area is 144 Å². The molecule has 0 aromatic heterocycles. The predicted molar refractivity (Wildman–Crippen MR) is 93.0 cm³/mol. The SMILES string of the molecule is CC(C)C(=O)N1CCc2ccc(S(=O)(=O)N3CCCCC3)cc2C1. The molecule has 0 unspecified atom stereocenters. The summed E-state index contributed by atoms with van der Waals surface area (Å²) in [6.07, 6.45) is 3.75. The summed E-state index contributed by atoms with van der Waals surface area (Å²) < 4.78 is 27.3. The van der Waals surface area contributed by atoms with E-state index < -0.39 is 10.0 Å². The zero-order valence-corrected chi connectivity index (χ0v) is 15.3. The van der Waals surface area contributed by atoms with Crippen molar-refractivity contribution in [1.29, 1.82) is 0 Å². The van der Waals surface area contributed by atoms with Crippen LogP contribution in [0.15, 0.2) is 23.1 Å². The van der Waals surface area contributed by atoms with E-state index in [1.54, 1.807) is 16.4 Å². The van der Waals surface area contributed by atoms with Crippen molar-refractivity contribution < 1.29 is 13.2 Å². The normalized spacial score (nSPS) is 19.4. The monoisotopic (exact) mass is 350 g/mol. The van der Waals surface area contributed by atoms with E-state index in [-0.39, 0.29) is 11.8 Å². The molecule has 2 heterocycles. The fraction of sp³-hybridized carbons (Fsp3) is 0.611. The summed E-state index contributed by atoms with van der Waals surface area (Å²) in [5.41, 5.74) is 2.12. The number of carbonyl (C=O) groups excluding carboxylic acids is 1. The lowest BCUT2D eigenvalue weighted by molar-refractivity contribution is -0.135. The number of carbonyl (C=O) groups is 1. The Bertz CT molecular complexity index is 722. The molecule has 132 valence electrons. The molecule has 6 heteroatoms. The zero-order valence-electron chi connectivity index (χ0n) is 14.5. The number of hydrogen-bond acceptors (Lipinski definition) is 3. The van der Waals surface area contributed by atoms with E-state index in [1.807, 2.05) is 24.8 Å². The highest BCUT2D eigenvalue weighted by molar-refractivity contribution is 7.89. The van der Waals surface area contributed by atoms with Gasteiger partial charge in [0.15, 0.2) is 0 Å². The number of fused-ring (bicyclic) bond motifs is 1. The number of nitrogens with zero attached hydrogens (tertiary/aromatic N) is 2. The van der Waals surface area contributed by atoms with Crippen LogP contribution in [0.5, 0.6) is 0 Å². The average molecular weight is 350 g/mol. The number of sulfonamides is 1. The Morgan fingerprint density at radius 3 is 2.42 bits per heavy atom. The number of benzene rings is 1. The summed E-state index contributed by atoms with van der Waals surface area (Å²) in [6.45, 7) is 6.23. The van der Waals surface area contributed by atoms with E-state index >= 15 is 0 Å². The van der Waals surface area contributed by atoms with Gasteiger partial charge in [0.25, 0.3) is 0 Å². The maximum atomic E-state index is 12.8. The molecule has 24 heavy (non-hydrogen) atoms. The van der Waals surface area contributed by atoms with Crippen molar-refractivity contribution in [2.75, 3.05) is 19.6 Å². The molecule has 0 bridgehead atoms. The Morgan fingerprint density at radius 2 is 1.75 bits per heavy atom. The third-order valence-corrected chi connectivity index (χ3v) is 6.84. The molecular weight excluding hydrogens is 324 g/mol. The largest absolute Gasteiger partial charge is 0.338 e. The van der Waals surface area contributed by atoms with E-state index in [0.29, 0.717) is 31.1 Å². The van der Waals surface area contributed by atoms with E-state index in [1.165, 1.54) is 0 Å². The minimum absolute atomic E-state index is 0.0354. The lowest BCUT2D eigenvalue weighted by atomic mass is 9.99. The Kier molecular flexibility index (Phi) is 4.97. The Morgan fingerprint density at radius 1 is 1.04 bits per heavy atom. The number of hydrogen-bond donors (Lipinski definition) is 0. The number of piperidine rings is 1. The van der Waals surface area contributed by atoms with Crippen molar-refractivity contribution in [3.8, 4) is 0 Å². The molecule has 2 aliphatic rings. The van der Waals surface area contributed by atoms with Gasteiger partial charge in [-0.15, -0.1) is 0 Å². The maximum Gasteiger partial charge on any atom is 0.243 e. The minimum Gasteiger partial charge on any atom is -0.338 e. The molecule has 5 nitrogen and oxygen atoms in total. The Hall–Kier alpha value is -1.40. The topological polar surface area (TPSA) is 57.7 Å². The summed E-state index contributed by atoms with van der Waals surface area (Å²) in [5, 5.41) is 0. The van der Waals surface area contributed by atoms with Crippen LogP contribution in [0.1, 0.15) is 44.2 Å². The van der Waals surface area contributed by atoms with E-state index in [0.717, 1.165) is 36.8 Å². The van der Waals surface area contributed by atoms with Crippen LogP contribution in [0.3, 0.4) is 0 Å². The molecule has 2 aliphatic heterocycles. The van der Waals surface area contributed by atoms with Gasteiger partial charge in [0.05, 0.1) is 4.90 Å². The molecule has 0 saturated carbocycles. The van der Waals surface area contributed by atoms with Crippen LogP contribution in [-0.2, 0) is 27.8 Å². The summed E-state index contributed by atoms with van der Waals surface area (Å²) in [5.74, 6) is 0.0942. The first-order valence-corrected chi connectivity index (χ1v) is 10.2. The van der Waals surface area contributed by atoms with Gasteiger partial charge in [-0.05, 0) is 42.5 Å². The van der Waals surface area contributed by atoms with E-state index in [2.05, 4.69) is 0 Å². The summed E-state index contributed by atoms with van der Waals surface area (Å²) in [7, 11) is -3.42. The summed E-state index contributed by atoms with van der Waals surface area (Å²) in [4.78, 5) is 14.4. The van der Waals surface area contributed by atoms with Crippen LogP contribution in [0.2, 0.25) is 0 Å².